The molecule has 0 spiro atoms. The molecule has 20 heavy (non-hydrogen) atoms. The van der Waals surface area contributed by atoms with Crippen molar-refractivity contribution in [3.05, 3.63) is 0 Å². The maximum Gasteiger partial charge on any atom is 0.329 e. The monoisotopic (exact) mass is 308 g/mol. The Balaban J connectivity index is 5.15. The highest BCUT2D eigenvalue weighted by molar-refractivity contribution is 7.50. The first-order valence-electron chi connectivity index (χ1n) is 6.79. The smallest absolute Gasteiger partial charge is 0.329 e. The molecule has 0 rings (SSSR count). The van der Waals surface area contributed by atoms with Gasteiger partial charge in [0.05, 0.1) is 25.4 Å². The van der Waals surface area contributed by atoms with Gasteiger partial charge in [-0.15, -0.1) is 0 Å². The van der Waals surface area contributed by atoms with E-state index in [1.54, 1.807) is 13.8 Å². The SMILES string of the molecule is CCOC(=O)C(C(=O)OCC)P(OC(C)C)OC(C)C. The van der Waals surface area contributed by atoms with E-state index < -0.39 is 26.0 Å². The lowest BCUT2D eigenvalue weighted by Crippen LogP contribution is -2.34. The van der Waals surface area contributed by atoms with Crippen LogP contribution >= 0.6 is 8.38 Å². The van der Waals surface area contributed by atoms with Crippen LogP contribution in [0.4, 0.5) is 0 Å². The van der Waals surface area contributed by atoms with Gasteiger partial charge in [0, 0.05) is 0 Å². The van der Waals surface area contributed by atoms with E-state index in [9.17, 15) is 9.59 Å². The zero-order valence-corrected chi connectivity index (χ0v) is 13.9. The van der Waals surface area contributed by atoms with Crippen molar-refractivity contribution in [2.45, 2.75) is 59.4 Å². The van der Waals surface area contributed by atoms with Crippen LogP contribution in [-0.4, -0.2) is 43.0 Å². The zero-order valence-electron chi connectivity index (χ0n) is 13.0. The van der Waals surface area contributed by atoms with E-state index in [1.165, 1.54) is 0 Å². The van der Waals surface area contributed by atoms with Crippen LogP contribution in [0.1, 0.15) is 41.5 Å². The fraction of sp³-hybridized carbons (Fsp3) is 0.846. The van der Waals surface area contributed by atoms with Crippen LogP contribution in [0.25, 0.3) is 0 Å². The molecule has 0 bridgehead atoms. The average molecular weight is 308 g/mol. The molecule has 0 aromatic carbocycles. The third-order valence-electron chi connectivity index (χ3n) is 1.86. The molecule has 0 heterocycles. The van der Waals surface area contributed by atoms with Gasteiger partial charge >= 0.3 is 11.9 Å². The molecular formula is C13H25O6P. The van der Waals surface area contributed by atoms with Gasteiger partial charge in [-0.3, -0.25) is 9.59 Å². The molecule has 0 aliphatic carbocycles. The van der Waals surface area contributed by atoms with Gasteiger partial charge in [0.1, 0.15) is 0 Å². The lowest BCUT2D eigenvalue weighted by Gasteiger charge is -2.26. The molecule has 0 N–H and O–H groups in total. The molecule has 0 amide bonds. The molecule has 0 aliphatic heterocycles. The Bertz CT molecular complexity index is 277. The molecule has 0 radical (unpaired) electrons. The molecule has 0 fully saturated rings. The van der Waals surface area contributed by atoms with E-state index in [2.05, 4.69) is 0 Å². The molecule has 0 aliphatic rings. The number of esters is 2. The van der Waals surface area contributed by atoms with Crippen LogP contribution in [0.2, 0.25) is 0 Å². The van der Waals surface area contributed by atoms with E-state index in [0.29, 0.717) is 0 Å². The van der Waals surface area contributed by atoms with E-state index >= 15 is 0 Å². The van der Waals surface area contributed by atoms with Gasteiger partial charge in [0.15, 0.2) is 8.38 Å². The number of carbonyl (C=O) groups excluding carboxylic acids is 2. The predicted octanol–water partition coefficient (Wildman–Crippen LogP) is 2.64. The van der Waals surface area contributed by atoms with Crippen LogP contribution < -0.4 is 0 Å². The minimum absolute atomic E-state index is 0.175. The van der Waals surface area contributed by atoms with Crippen molar-refractivity contribution in [3.63, 3.8) is 0 Å². The van der Waals surface area contributed by atoms with Gasteiger partial charge in [-0.2, -0.15) is 0 Å². The van der Waals surface area contributed by atoms with Crippen LogP contribution in [0.15, 0.2) is 0 Å². The fourth-order valence-corrected chi connectivity index (χ4v) is 2.89. The maximum absolute atomic E-state index is 12.0. The van der Waals surface area contributed by atoms with E-state index in [0.717, 1.165) is 0 Å². The van der Waals surface area contributed by atoms with Crippen LogP contribution in [0.5, 0.6) is 0 Å². The molecule has 0 aromatic heterocycles. The largest absolute Gasteiger partial charge is 0.465 e. The molecular weight excluding hydrogens is 283 g/mol. The molecule has 118 valence electrons. The van der Waals surface area contributed by atoms with Gasteiger partial charge < -0.3 is 18.5 Å². The molecule has 0 atom stereocenters. The molecule has 0 aromatic rings. The summed E-state index contributed by atoms with van der Waals surface area (Å²) in [7, 11) is -1.75. The number of hydrogen-bond donors (Lipinski definition) is 0. The summed E-state index contributed by atoms with van der Waals surface area (Å²) in [6.07, 6.45) is -0.350. The second-order valence-corrected chi connectivity index (χ2v) is 6.01. The second kappa shape index (κ2) is 10.1. The summed E-state index contributed by atoms with van der Waals surface area (Å²) in [5.74, 6) is -1.34. The zero-order chi connectivity index (χ0) is 15.7. The normalized spacial score (nSPS) is 11.5. The Morgan fingerprint density at radius 1 is 0.850 bits per heavy atom. The number of rotatable bonds is 9. The fourth-order valence-electron chi connectivity index (χ4n) is 1.27. The minimum atomic E-state index is -1.75. The van der Waals surface area contributed by atoms with Gasteiger partial charge in [0.25, 0.3) is 0 Å². The van der Waals surface area contributed by atoms with Crippen molar-refractivity contribution in [2.24, 2.45) is 0 Å². The number of hydrogen-bond acceptors (Lipinski definition) is 6. The summed E-state index contributed by atoms with van der Waals surface area (Å²) in [6.45, 7) is 11.0. The number of ether oxygens (including phenoxy) is 2. The van der Waals surface area contributed by atoms with Crippen molar-refractivity contribution in [1.29, 1.82) is 0 Å². The second-order valence-electron chi connectivity index (χ2n) is 4.50. The molecule has 0 saturated heterocycles. The Hall–Kier alpha value is -0.710. The first-order valence-corrected chi connectivity index (χ1v) is 8.04. The molecule has 0 saturated carbocycles. The van der Waals surface area contributed by atoms with Crippen molar-refractivity contribution >= 4 is 20.3 Å². The van der Waals surface area contributed by atoms with Gasteiger partial charge in [-0.05, 0) is 41.5 Å². The van der Waals surface area contributed by atoms with Crippen molar-refractivity contribution in [2.75, 3.05) is 13.2 Å². The van der Waals surface area contributed by atoms with Crippen molar-refractivity contribution in [1.82, 2.24) is 0 Å². The Morgan fingerprint density at radius 2 is 1.20 bits per heavy atom. The Labute approximate surface area is 122 Å². The minimum Gasteiger partial charge on any atom is -0.465 e. The number of carbonyl (C=O) groups is 2. The Kier molecular flexibility index (Phi) is 9.72. The molecule has 6 nitrogen and oxygen atoms in total. The highest BCUT2D eigenvalue weighted by atomic mass is 31.2. The summed E-state index contributed by atoms with van der Waals surface area (Å²) < 4.78 is 21.1. The predicted molar refractivity (Wildman–Crippen MR) is 76.4 cm³/mol. The summed E-state index contributed by atoms with van der Waals surface area (Å²) in [5, 5.41) is 0. The summed E-state index contributed by atoms with van der Waals surface area (Å²) in [6, 6.07) is 0. The summed E-state index contributed by atoms with van der Waals surface area (Å²) in [4.78, 5) is 24.0. The van der Waals surface area contributed by atoms with E-state index in [-0.39, 0.29) is 25.4 Å². The third kappa shape index (κ3) is 7.17. The van der Waals surface area contributed by atoms with Crippen LogP contribution in [-0.2, 0) is 28.1 Å². The van der Waals surface area contributed by atoms with E-state index in [4.69, 9.17) is 18.5 Å². The van der Waals surface area contributed by atoms with E-state index in [1.807, 2.05) is 27.7 Å². The van der Waals surface area contributed by atoms with Crippen LogP contribution in [0.3, 0.4) is 0 Å². The van der Waals surface area contributed by atoms with Crippen molar-refractivity contribution in [3.8, 4) is 0 Å². The quantitative estimate of drug-likeness (QED) is 0.370. The Morgan fingerprint density at radius 3 is 1.45 bits per heavy atom. The summed E-state index contributed by atoms with van der Waals surface area (Å²) >= 11 is 0. The summed E-state index contributed by atoms with van der Waals surface area (Å²) in [5.41, 5.74) is -1.17. The van der Waals surface area contributed by atoms with Crippen LogP contribution in [0, 0.1) is 0 Å². The highest BCUT2D eigenvalue weighted by Gasteiger charge is 2.41. The van der Waals surface area contributed by atoms with Gasteiger partial charge in [0.2, 0.25) is 5.66 Å². The third-order valence-corrected chi connectivity index (χ3v) is 3.96. The van der Waals surface area contributed by atoms with Crippen molar-refractivity contribution < 1.29 is 28.1 Å². The van der Waals surface area contributed by atoms with Gasteiger partial charge in [-0.1, -0.05) is 0 Å². The lowest BCUT2D eigenvalue weighted by atomic mass is 10.4. The first-order chi connectivity index (χ1) is 9.33. The maximum atomic E-state index is 12.0. The first kappa shape index (κ1) is 19.3. The average Bonchev–Trinajstić information content (AvgIpc) is 2.27. The van der Waals surface area contributed by atoms with Gasteiger partial charge in [-0.25, -0.2) is 0 Å². The molecule has 7 heteroatoms. The lowest BCUT2D eigenvalue weighted by molar-refractivity contribution is -0.153. The highest BCUT2D eigenvalue weighted by Crippen LogP contribution is 2.47. The topological polar surface area (TPSA) is 71.1 Å². The molecule has 0 unspecified atom stereocenters. The standard InChI is InChI=1S/C13H25O6P/c1-7-16-12(14)11(13(15)17-8-2)20(18-9(3)4)19-10(5)6/h9-11H,7-8H2,1-6H3.